The van der Waals surface area contributed by atoms with Crippen LogP contribution in [0.25, 0.3) is 10.8 Å². The number of pyridine rings is 1. The van der Waals surface area contributed by atoms with E-state index in [1.165, 1.54) is 38.5 Å². The van der Waals surface area contributed by atoms with Crippen LogP contribution in [0.3, 0.4) is 0 Å². The highest BCUT2D eigenvalue weighted by molar-refractivity contribution is 7.92. The summed E-state index contributed by atoms with van der Waals surface area (Å²) in [6.07, 6.45) is 1.87. The van der Waals surface area contributed by atoms with E-state index in [-0.39, 0.29) is 22.7 Å². The molecule has 11 nitrogen and oxygen atoms in total. The van der Waals surface area contributed by atoms with Crippen LogP contribution < -0.4 is 28.9 Å². The van der Waals surface area contributed by atoms with Crippen LogP contribution in [0.15, 0.2) is 65.7 Å². The minimum absolute atomic E-state index is 0.217. The quantitative estimate of drug-likeness (QED) is 0.279. The zero-order chi connectivity index (χ0) is 27.4. The molecule has 4 aromatic rings. The number of nitrogens with zero attached hydrogens (tertiary/aromatic N) is 2. The lowest BCUT2D eigenvalue weighted by Crippen LogP contribution is -2.16. The molecule has 12 heteroatoms. The fraction of sp³-hybridized carbons (Fsp3) is 0.192. The van der Waals surface area contributed by atoms with Crippen molar-refractivity contribution in [2.45, 2.75) is 11.3 Å². The minimum atomic E-state index is -4.17. The number of sulfonamides is 1. The number of fused-ring (bicyclic) bond motifs is 1. The van der Waals surface area contributed by atoms with E-state index in [2.05, 4.69) is 9.71 Å². The van der Waals surface area contributed by atoms with Gasteiger partial charge >= 0.3 is 0 Å². The Balaban J connectivity index is 1.82. The monoisotopic (exact) mass is 540 g/mol. The van der Waals surface area contributed by atoms with Crippen molar-refractivity contribution in [3.8, 4) is 23.0 Å². The number of methoxy groups -OCH3 is 4. The summed E-state index contributed by atoms with van der Waals surface area (Å²) in [5.41, 5.74) is 1.19. The fourth-order valence-electron chi connectivity index (χ4n) is 4.02. The molecule has 3 aromatic carbocycles. The summed E-state index contributed by atoms with van der Waals surface area (Å²) in [6, 6.07) is 13.7. The van der Waals surface area contributed by atoms with Crippen molar-refractivity contribution in [2.75, 3.05) is 38.4 Å². The van der Waals surface area contributed by atoms with Crippen LogP contribution in [0.4, 0.5) is 11.4 Å². The van der Waals surface area contributed by atoms with Gasteiger partial charge in [-0.15, -0.1) is 0 Å². The maximum atomic E-state index is 13.3. The van der Waals surface area contributed by atoms with E-state index < -0.39 is 15.2 Å². The normalized spacial score (nSPS) is 11.2. The largest absolute Gasteiger partial charge is 0.733 e. The van der Waals surface area contributed by atoms with Crippen LogP contribution in [0, 0.1) is 5.21 Å². The first-order valence-corrected chi connectivity index (χ1v) is 12.7. The van der Waals surface area contributed by atoms with Gasteiger partial charge in [0.25, 0.3) is 10.0 Å². The molecule has 1 heterocycles. The van der Waals surface area contributed by atoms with E-state index in [0.29, 0.717) is 34.3 Å². The Bertz CT molecular complexity index is 1570. The van der Waals surface area contributed by atoms with Crippen molar-refractivity contribution < 1.29 is 32.6 Å². The molecule has 0 saturated carbocycles. The second kappa shape index (κ2) is 11.0. The first-order valence-electron chi connectivity index (χ1n) is 11.2. The molecule has 4 rings (SSSR count). The molecule has 0 aliphatic carbocycles. The van der Waals surface area contributed by atoms with Crippen molar-refractivity contribution in [3.05, 3.63) is 77.3 Å². The van der Waals surface area contributed by atoms with Crippen LogP contribution in [0.2, 0.25) is 0 Å². The predicted molar refractivity (Wildman–Crippen MR) is 142 cm³/mol. The number of hydrogen-bond acceptors (Lipinski definition) is 10. The van der Waals surface area contributed by atoms with Crippen molar-refractivity contribution in [1.29, 1.82) is 0 Å². The van der Waals surface area contributed by atoms with E-state index in [1.54, 1.807) is 26.5 Å². The van der Waals surface area contributed by atoms with Crippen molar-refractivity contribution in [2.24, 2.45) is 0 Å². The molecule has 2 N–H and O–H groups in total. The van der Waals surface area contributed by atoms with Gasteiger partial charge in [0.2, 0.25) is 0 Å². The molecule has 38 heavy (non-hydrogen) atoms. The number of ether oxygens (including phenoxy) is 4. The van der Waals surface area contributed by atoms with Crippen LogP contribution in [-0.4, -0.2) is 47.0 Å². The molecule has 200 valence electrons. The second-order valence-electron chi connectivity index (χ2n) is 8.10. The molecule has 0 atom stereocenters. The van der Waals surface area contributed by atoms with Gasteiger partial charge in [-0.1, -0.05) is 6.07 Å². The molecule has 0 aliphatic rings. The molecule has 0 saturated heterocycles. The van der Waals surface area contributed by atoms with Gasteiger partial charge in [-0.2, -0.15) is 0 Å². The SMILES string of the molecule is COc1cc(Cc2nccc3cc(OC)c(OC)cc23)c(NS(=O)(=O)c2cccc(N([O-])O)c2)cc1OC. The van der Waals surface area contributed by atoms with Crippen molar-refractivity contribution >= 4 is 32.2 Å². The van der Waals surface area contributed by atoms with E-state index in [1.807, 2.05) is 18.2 Å². The lowest BCUT2D eigenvalue weighted by Gasteiger charge is -2.22. The highest BCUT2D eigenvalue weighted by Gasteiger charge is 2.21. The molecular weight excluding hydrogens is 514 g/mol. The number of benzene rings is 3. The number of anilines is 2. The number of aromatic nitrogens is 1. The first-order chi connectivity index (χ1) is 18.2. The Morgan fingerprint density at radius 1 is 0.895 bits per heavy atom. The fourth-order valence-corrected chi connectivity index (χ4v) is 5.15. The average Bonchev–Trinajstić information content (AvgIpc) is 2.92. The first kappa shape index (κ1) is 26.8. The van der Waals surface area contributed by atoms with Crippen LogP contribution >= 0.6 is 0 Å². The van der Waals surface area contributed by atoms with E-state index in [4.69, 9.17) is 18.9 Å². The van der Waals surface area contributed by atoms with Gasteiger partial charge in [-0.25, -0.2) is 8.42 Å². The Morgan fingerprint density at radius 2 is 1.53 bits per heavy atom. The summed E-state index contributed by atoms with van der Waals surface area (Å²) >= 11 is 0. The number of rotatable bonds is 10. The maximum absolute atomic E-state index is 13.3. The van der Waals surface area contributed by atoms with Gasteiger partial charge in [-0.3, -0.25) is 14.9 Å². The molecule has 0 radical (unpaired) electrons. The molecule has 0 aliphatic heterocycles. The van der Waals surface area contributed by atoms with Crippen LogP contribution in [0.5, 0.6) is 23.0 Å². The Morgan fingerprint density at radius 3 is 2.18 bits per heavy atom. The lowest BCUT2D eigenvalue weighted by atomic mass is 10.0. The highest BCUT2D eigenvalue weighted by Crippen LogP contribution is 2.38. The predicted octanol–water partition coefficient (Wildman–Crippen LogP) is 4.35. The number of nitrogens with one attached hydrogen (secondary N) is 1. The highest BCUT2D eigenvalue weighted by atomic mass is 32.2. The van der Waals surface area contributed by atoms with E-state index >= 15 is 0 Å². The van der Waals surface area contributed by atoms with E-state index in [0.717, 1.165) is 16.8 Å². The van der Waals surface area contributed by atoms with Gasteiger partial charge in [0.05, 0.1) is 50.4 Å². The summed E-state index contributed by atoms with van der Waals surface area (Å²) in [6.45, 7) is 0. The van der Waals surface area contributed by atoms with Crippen LogP contribution in [0.1, 0.15) is 11.3 Å². The third kappa shape index (κ3) is 5.37. The smallest absolute Gasteiger partial charge is 0.261 e. The third-order valence-corrected chi connectivity index (χ3v) is 7.27. The second-order valence-corrected chi connectivity index (χ2v) is 9.79. The maximum Gasteiger partial charge on any atom is 0.261 e. The molecule has 0 bridgehead atoms. The van der Waals surface area contributed by atoms with E-state index in [9.17, 15) is 18.8 Å². The van der Waals surface area contributed by atoms with Gasteiger partial charge < -0.3 is 29.4 Å². The molecule has 0 spiro atoms. The Hall–Kier alpha value is -4.26. The van der Waals surface area contributed by atoms with Crippen LogP contribution in [-0.2, 0) is 16.4 Å². The molecule has 0 unspecified atom stereocenters. The summed E-state index contributed by atoms with van der Waals surface area (Å²) in [4.78, 5) is 4.33. The molecule has 1 aromatic heterocycles. The molecular formula is C26H26N3O8S-. The molecule has 0 amide bonds. The van der Waals surface area contributed by atoms with Gasteiger partial charge in [0.15, 0.2) is 23.0 Å². The lowest BCUT2D eigenvalue weighted by molar-refractivity contribution is 0.296. The van der Waals surface area contributed by atoms with Crippen molar-refractivity contribution in [3.63, 3.8) is 0 Å². The minimum Gasteiger partial charge on any atom is -0.733 e. The third-order valence-electron chi connectivity index (χ3n) is 5.91. The number of hydrogen-bond donors (Lipinski definition) is 2. The van der Waals surface area contributed by atoms with Crippen molar-refractivity contribution in [1.82, 2.24) is 4.98 Å². The summed E-state index contributed by atoms with van der Waals surface area (Å²) in [7, 11) is 1.84. The van der Waals surface area contributed by atoms with Gasteiger partial charge in [0, 0.05) is 24.1 Å². The zero-order valence-corrected chi connectivity index (χ0v) is 21.9. The summed E-state index contributed by atoms with van der Waals surface area (Å²) in [5.74, 6) is 1.80. The van der Waals surface area contributed by atoms with Gasteiger partial charge in [-0.05, 0) is 53.4 Å². The zero-order valence-electron chi connectivity index (χ0n) is 21.1. The Kier molecular flexibility index (Phi) is 7.76. The standard InChI is InChI=1S/C26H26N3O8S/c1-34-23-11-16-8-9-27-22(20(16)14-25(23)36-3)10-17-12-24(35-2)26(37-4)15-21(17)28-38(32,33)19-7-5-6-18(13-19)29(30)31/h5-9,11-15,28,30H,10H2,1-4H3/q-1. The van der Waals surface area contributed by atoms with Gasteiger partial charge in [0.1, 0.15) is 0 Å². The molecule has 0 fully saturated rings. The topological polar surface area (TPSA) is 143 Å². The Labute approximate surface area is 219 Å². The average molecular weight is 541 g/mol. The summed E-state index contributed by atoms with van der Waals surface area (Å²) in [5, 5.41) is 21.7. The summed E-state index contributed by atoms with van der Waals surface area (Å²) < 4.78 is 50.8.